The number of nitrogens with one attached hydrogen (secondary N) is 3. The highest BCUT2D eigenvalue weighted by Crippen LogP contribution is 2.27. The molecule has 0 spiro atoms. The maximum Gasteiger partial charge on any atom is 0.256 e. The molecule has 168 valence electrons. The Hall–Kier alpha value is -4.72. The number of para-hydroxylation sites is 1. The molecule has 0 aliphatic heterocycles. The third-order valence-corrected chi connectivity index (χ3v) is 5.18. The zero-order valence-corrected chi connectivity index (χ0v) is 18.2. The number of nitrogens with zero attached hydrogens (tertiary/aromatic N) is 3. The predicted molar refractivity (Wildman–Crippen MR) is 133 cm³/mol. The smallest absolute Gasteiger partial charge is 0.256 e. The molecule has 0 fully saturated rings. The van der Waals surface area contributed by atoms with Crippen LogP contribution < -0.4 is 16.0 Å². The first-order valence-corrected chi connectivity index (χ1v) is 10.8. The summed E-state index contributed by atoms with van der Waals surface area (Å²) in [6.45, 7) is 1.46. The van der Waals surface area contributed by atoms with E-state index in [4.69, 9.17) is 4.42 Å². The molecule has 0 atom stereocenters. The standard InChI is InChI=1S/C26H22N6O2/c33-25(31-20-7-4-10-27-17-20)22-16-24(26-30-13-14-34-26)32-23-9-8-19(15-21(22)23)29-12-11-28-18-5-2-1-3-6-18/h1-10,13-17,28-29H,11-12H2,(H,31,33). The van der Waals surface area contributed by atoms with E-state index in [1.165, 1.54) is 6.26 Å². The topological polar surface area (TPSA) is 105 Å². The lowest BCUT2D eigenvalue weighted by atomic mass is 10.1. The van der Waals surface area contributed by atoms with Gasteiger partial charge in [-0.3, -0.25) is 9.78 Å². The zero-order valence-electron chi connectivity index (χ0n) is 18.2. The van der Waals surface area contributed by atoms with Crippen molar-refractivity contribution < 1.29 is 9.21 Å². The van der Waals surface area contributed by atoms with Crippen molar-refractivity contribution >= 4 is 33.9 Å². The number of aromatic nitrogens is 3. The summed E-state index contributed by atoms with van der Waals surface area (Å²) in [4.78, 5) is 26.1. The van der Waals surface area contributed by atoms with Crippen molar-refractivity contribution in [1.82, 2.24) is 15.0 Å². The van der Waals surface area contributed by atoms with E-state index >= 15 is 0 Å². The number of hydrogen-bond acceptors (Lipinski definition) is 7. The molecule has 0 bridgehead atoms. The van der Waals surface area contributed by atoms with Crippen LogP contribution >= 0.6 is 0 Å². The molecule has 0 unspecified atom stereocenters. The van der Waals surface area contributed by atoms with Gasteiger partial charge in [0.15, 0.2) is 0 Å². The number of amides is 1. The summed E-state index contributed by atoms with van der Waals surface area (Å²) in [5.41, 5.74) is 4.19. The minimum atomic E-state index is -0.267. The maximum atomic E-state index is 13.2. The number of carbonyl (C=O) groups is 1. The number of oxazole rings is 1. The van der Waals surface area contributed by atoms with Crippen molar-refractivity contribution in [3.8, 4) is 11.6 Å². The Morgan fingerprint density at radius 2 is 1.68 bits per heavy atom. The normalized spacial score (nSPS) is 10.7. The lowest BCUT2D eigenvalue weighted by Gasteiger charge is -2.12. The second kappa shape index (κ2) is 9.83. The molecule has 0 radical (unpaired) electrons. The van der Waals surface area contributed by atoms with E-state index in [0.29, 0.717) is 34.9 Å². The number of pyridine rings is 2. The van der Waals surface area contributed by atoms with Crippen molar-refractivity contribution in [2.75, 3.05) is 29.0 Å². The first-order valence-electron chi connectivity index (χ1n) is 10.8. The summed E-state index contributed by atoms with van der Waals surface area (Å²) in [6.07, 6.45) is 6.28. The molecular weight excluding hydrogens is 428 g/mol. The average Bonchev–Trinajstić information content (AvgIpc) is 3.42. The van der Waals surface area contributed by atoms with Gasteiger partial charge < -0.3 is 20.4 Å². The van der Waals surface area contributed by atoms with Crippen LogP contribution in [0.5, 0.6) is 0 Å². The lowest BCUT2D eigenvalue weighted by Crippen LogP contribution is -2.14. The summed E-state index contributed by atoms with van der Waals surface area (Å²) in [5.74, 6) is 0.0858. The number of hydrogen-bond donors (Lipinski definition) is 3. The minimum Gasteiger partial charge on any atom is -0.443 e. The largest absolute Gasteiger partial charge is 0.443 e. The van der Waals surface area contributed by atoms with Gasteiger partial charge in [-0.25, -0.2) is 9.97 Å². The number of anilines is 3. The van der Waals surface area contributed by atoms with Gasteiger partial charge >= 0.3 is 0 Å². The highest BCUT2D eigenvalue weighted by molar-refractivity contribution is 6.13. The Labute approximate surface area is 196 Å². The van der Waals surface area contributed by atoms with E-state index in [-0.39, 0.29) is 5.91 Å². The monoisotopic (exact) mass is 450 g/mol. The van der Waals surface area contributed by atoms with Gasteiger partial charge in [0, 0.05) is 36.0 Å². The van der Waals surface area contributed by atoms with Gasteiger partial charge in [-0.1, -0.05) is 18.2 Å². The van der Waals surface area contributed by atoms with E-state index in [9.17, 15) is 4.79 Å². The predicted octanol–water partition coefficient (Wildman–Crippen LogP) is 5.06. The van der Waals surface area contributed by atoms with Crippen molar-refractivity contribution in [3.63, 3.8) is 0 Å². The van der Waals surface area contributed by atoms with Gasteiger partial charge in [0.1, 0.15) is 12.0 Å². The van der Waals surface area contributed by atoms with E-state index in [2.05, 4.69) is 30.9 Å². The van der Waals surface area contributed by atoms with Gasteiger partial charge in [-0.05, 0) is 48.5 Å². The summed E-state index contributed by atoms with van der Waals surface area (Å²) in [7, 11) is 0. The fourth-order valence-corrected chi connectivity index (χ4v) is 3.59. The molecule has 0 saturated heterocycles. The van der Waals surface area contributed by atoms with Crippen LogP contribution in [0.2, 0.25) is 0 Å². The lowest BCUT2D eigenvalue weighted by molar-refractivity contribution is 0.102. The van der Waals surface area contributed by atoms with E-state index in [1.54, 1.807) is 36.8 Å². The van der Waals surface area contributed by atoms with Gasteiger partial charge in [-0.15, -0.1) is 0 Å². The summed E-state index contributed by atoms with van der Waals surface area (Å²) >= 11 is 0. The maximum absolute atomic E-state index is 13.2. The summed E-state index contributed by atoms with van der Waals surface area (Å²) in [5, 5.41) is 10.4. The highest BCUT2D eigenvalue weighted by atomic mass is 16.3. The molecule has 0 aliphatic rings. The second-order valence-electron chi connectivity index (χ2n) is 7.54. The molecule has 0 aliphatic carbocycles. The van der Waals surface area contributed by atoms with Crippen LogP contribution in [0.4, 0.5) is 17.1 Å². The quantitative estimate of drug-likeness (QED) is 0.284. The molecule has 5 aromatic rings. The first-order chi connectivity index (χ1) is 16.8. The molecule has 3 N–H and O–H groups in total. The van der Waals surface area contributed by atoms with Gasteiger partial charge in [0.05, 0.1) is 29.2 Å². The number of carbonyl (C=O) groups excluding carboxylic acids is 1. The number of benzene rings is 2. The number of rotatable bonds is 8. The average molecular weight is 451 g/mol. The van der Waals surface area contributed by atoms with Gasteiger partial charge in [-0.2, -0.15) is 0 Å². The highest BCUT2D eigenvalue weighted by Gasteiger charge is 2.17. The van der Waals surface area contributed by atoms with Crippen molar-refractivity contribution in [1.29, 1.82) is 0 Å². The van der Waals surface area contributed by atoms with Crippen LogP contribution in [0, 0.1) is 0 Å². The summed E-state index contributed by atoms with van der Waals surface area (Å²) in [6, 6.07) is 21.1. The molecule has 3 aromatic heterocycles. The molecule has 3 heterocycles. The number of fused-ring (bicyclic) bond motifs is 1. The molecule has 34 heavy (non-hydrogen) atoms. The fourth-order valence-electron chi connectivity index (χ4n) is 3.59. The van der Waals surface area contributed by atoms with Crippen LogP contribution in [0.25, 0.3) is 22.5 Å². The minimum absolute atomic E-state index is 0.267. The van der Waals surface area contributed by atoms with E-state index < -0.39 is 0 Å². The Morgan fingerprint density at radius 3 is 2.44 bits per heavy atom. The second-order valence-corrected chi connectivity index (χ2v) is 7.54. The van der Waals surface area contributed by atoms with Gasteiger partial charge in [0.2, 0.25) is 5.89 Å². The van der Waals surface area contributed by atoms with Crippen LogP contribution in [0.3, 0.4) is 0 Å². The fraction of sp³-hybridized carbons (Fsp3) is 0.0769. The van der Waals surface area contributed by atoms with Crippen LogP contribution in [-0.2, 0) is 0 Å². The van der Waals surface area contributed by atoms with Crippen LogP contribution in [0.15, 0.2) is 96.0 Å². The van der Waals surface area contributed by atoms with Crippen molar-refractivity contribution in [2.24, 2.45) is 0 Å². The Kier molecular flexibility index (Phi) is 6.11. The van der Waals surface area contributed by atoms with Crippen molar-refractivity contribution in [3.05, 3.63) is 97.1 Å². The Bertz CT molecular complexity index is 1390. The molecule has 2 aromatic carbocycles. The molecule has 0 saturated carbocycles. The zero-order chi connectivity index (χ0) is 23.2. The third kappa shape index (κ3) is 4.86. The Morgan fingerprint density at radius 1 is 0.853 bits per heavy atom. The summed E-state index contributed by atoms with van der Waals surface area (Å²) < 4.78 is 5.41. The van der Waals surface area contributed by atoms with Gasteiger partial charge in [0.25, 0.3) is 5.91 Å². The Balaban J connectivity index is 1.41. The molecular formula is C26H22N6O2. The SMILES string of the molecule is O=C(Nc1cccnc1)c1cc(-c2ncco2)nc2ccc(NCCNc3ccccc3)cc12. The molecule has 1 amide bonds. The molecule has 8 nitrogen and oxygen atoms in total. The van der Waals surface area contributed by atoms with Crippen LogP contribution in [-0.4, -0.2) is 33.9 Å². The van der Waals surface area contributed by atoms with Crippen LogP contribution in [0.1, 0.15) is 10.4 Å². The third-order valence-electron chi connectivity index (χ3n) is 5.18. The van der Waals surface area contributed by atoms with E-state index in [1.807, 2.05) is 48.5 Å². The van der Waals surface area contributed by atoms with E-state index in [0.717, 1.165) is 23.3 Å². The van der Waals surface area contributed by atoms with Crippen molar-refractivity contribution in [2.45, 2.75) is 0 Å². The molecule has 5 rings (SSSR count). The first kappa shape index (κ1) is 21.1. The molecule has 8 heteroatoms.